The van der Waals surface area contributed by atoms with Crippen LogP contribution in [-0.4, -0.2) is 34.3 Å². The van der Waals surface area contributed by atoms with E-state index in [2.05, 4.69) is 46.2 Å². The van der Waals surface area contributed by atoms with Crippen LogP contribution in [0.5, 0.6) is 0 Å². The number of benzene rings is 2. The van der Waals surface area contributed by atoms with E-state index >= 15 is 0 Å². The quantitative estimate of drug-likeness (QED) is 0.582. The van der Waals surface area contributed by atoms with Crippen LogP contribution in [0, 0.1) is 0 Å². The Kier molecular flexibility index (Phi) is 5.04. The second kappa shape index (κ2) is 7.78. The maximum absolute atomic E-state index is 12.2. The van der Waals surface area contributed by atoms with Crippen LogP contribution in [0.1, 0.15) is 38.6 Å². The fourth-order valence-corrected chi connectivity index (χ4v) is 4.71. The molecule has 2 heterocycles. The molecule has 32 heavy (non-hydrogen) atoms. The summed E-state index contributed by atoms with van der Waals surface area (Å²) in [7, 11) is 0. The Morgan fingerprint density at radius 1 is 1.22 bits per heavy atom. The summed E-state index contributed by atoms with van der Waals surface area (Å²) in [6.45, 7) is 5.52. The lowest BCUT2D eigenvalue weighted by Crippen LogP contribution is -2.46. The van der Waals surface area contributed by atoms with Gasteiger partial charge in [0.05, 0.1) is 21.6 Å². The monoisotopic (exact) mass is 450 g/mol. The molecule has 0 radical (unpaired) electrons. The zero-order valence-electron chi connectivity index (χ0n) is 18.3. The number of thiazole rings is 1. The van der Waals surface area contributed by atoms with Crippen LogP contribution in [0.15, 0.2) is 53.6 Å². The number of amides is 1. The molecule has 1 aromatic heterocycles. The van der Waals surface area contributed by atoms with Crippen molar-refractivity contribution in [3.05, 3.63) is 53.5 Å². The maximum Gasteiger partial charge on any atom is 0.408 e. The van der Waals surface area contributed by atoms with Crippen LogP contribution in [0.4, 0.5) is 4.79 Å². The Hall–Kier alpha value is -3.13. The Balaban J connectivity index is 1.23. The van der Waals surface area contributed by atoms with Gasteiger partial charge in [-0.2, -0.15) is 0 Å². The van der Waals surface area contributed by atoms with Crippen molar-refractivity contribution in [3.63, 3.8) is 0 Å². The first-order valence-corrected chi connectivity index (χ1v) is 11.6. The highest BCUT2D eigenvalue weighted by Gasteiger charge is 2.53. The van der Waals surface area contributed by atoms with Gasteiger partial charge in [-0.1, -0.05) is 36.4 Å². The number of hydrogen-bond acceptors (Lipinski definition) is 7. The molecular weight excluding hydrogens is 424 g/mol. The van der Waals surface area contributed by atoms with Gasteiger partial charge in [-0.15, -0.1) is 16.4 Å². The third kappa shape index (κ3) is 4.41. The molecule has 0 spiro atoms. The number of nitrogens with zero attached hydrogens (tertiary/aromatic N) is 2. The standard InChI is InChI=1S/C24H26N4O3S/c1-23(2,3)31-22(29)26-24(11-12-24)21-28-27-19(30-21)14-20-25-17-10-9-16(13-18(17)32-20)15-7-5-4-6-8-15/h4-10,13,19,27H,11-12,14H2,1-3H3,(H,26,29). The maximum atomic E-state index is 12.2. The van der Waals surface area contributed by atoms with Gasteiger partial charge in [-0.3, -0.25) is 5.43 Å². The molecule has 2 N–H and O–H groups in total. The number of nitrogens with one attached hydrogen (secondary N) is 2. The lowest BCUT2D eigenvalue weighted by Gasteiger charge is -2.23. The number of carbonyl (C=O) groups excluding carboxylic acids is 1. The summed E-state index contributed by atoms with van der Waals surface area (Å²) in [5.41, 5.74) is 5.28. The molecule has 2 aliphatic rings. The topological polar surface area (TPSA) is 84.8 Å². The van der Waals surface area contributed by atoms with Crippen LogP contribution in [-0.2, 0) is 15.9 Å². The van der Waals surface area contributed by atoms with Gasteiger partial charge in [0.25, 0.3) is 0 Å². The number of aromatic nitrogens is 1. The molecule has 1 saturated carbocycles. The molecule has 8 heteroatoms. The van der Waals surface area contributed by atoms with Crippen molar-refractivity contribution < 1.29 is 14.3 Å². The minimum absolute atomic E-state index is 0.308. The summed E-state index contributed by atoms with van der Waals surface area (Å²) >= 11 is 1.66. The Labute approximate surface area is 190 Å². The summed E-state index contributed by atoms with van der Waals surface area (Å²) in [6, 6.07) is 16.7. The van der Waals surface area contributed by atoms with E-state index in [9.17, 15) is 4.79 Å². The van der Waals surface area contributed by atoms with Gasteiger partial charge in [0.15, 0.2) is 6.23 Å². The minimum atomic E-state index is -0.567. The van der Waals surface area contributed by atoms with Gasteiger partial charge in [0.1, 0.15) is 11.1 Å². The highest BCUT2D eigenvalue weighted by molar-refractivity contribution is 7.18. The normalized spacial score (nSPS) is 19.1. The van der Waals surface area contributed by atoms with Crippen LogP contribution < -0.4 is 10.7 Å². The lowest BCUT2D eigenvalue weighted by molar-refractivity contribution is 0.0503. The van der Waals surface area contributed by atoms with Gasteiger partial charge >= 0.3 is 6.09 Å². The minimum Gasteiger partial charge on any atom is -0.452 e. The van der Waals surface area contributed by atoms with Crippen molar-refractivity contribution in [2.24, 2.45) is 5.10 Å². The van der Waals surface area contributed by atoms with Crippen molar-refractivity contribution in [2.75, 3.05) is 0 Å². The molecule has 1 unspecified atom stereocenters. The summed E-state index contributed by atoms with van der Waals surface area (Å²) in [5, 5.41) is 8.26. The molecule has 1 atom stereocenters. The first-order valence-electron chi connectivity index (χ1n) is 10.8. The number of ether oxygens (including phenoxy) is 2. The van der Waals surface area contributed by atoms with Crippen molar-refractivity contribution in [1.29, 1.82) is 0 Å². The predicted molar refractivity (Wildman–Crippen MR) is 126 cm³/mol. The van der Waals surface area contributed by atoms with Crippen LogP contribution in [0.3, 0.4) is 0 Å². The average Bonchev–Trinajstić information content (AvgIpc) is 3.18. The lowest BCUT2D eigenvalue weighted by atomic mass is 10.1. The molecule has 3 aromatic rings. The fraction of sp³-hybridized carbons (Fsp3) is 0.375. The molecule has 1 fully saturated rings. The number of carbonyl (C=O) groups is 1. The van der Waals surface area contributed by atoms with Crippen LogP contribution in [0.25, 0.3) is 21.3 Å². The largest absolute Gasteiger partial charge is 0.452 e. The van der Waals surface area contributed by atoms with E-state index in [0.717, 1.165) is 28.1 Å². The first kappa shape index (κ1) is 20.8. The van der Waals surface area contributed by atoms with Gasteiger partial charge in [-0.05, 0) is 56.9 Å². The van der Waals surface area contributed by atoms with Gasteiger partial charge in [0, 0.05) is 0 Å². The average molecular weight is 451 g/mol. The molecule has 7 nitrogen and oxygen atoms in total. The second-order valence-corrected chi connectivity index (χ2v) is 10.3. The third-order valence-electron chi connectivity index (χ3n) is 5.36. The van der Waals surface area contributed by atoms with E-state index in [1.54, 1.807) is 11.3 Å². The van der Waals surface area contributed by atoms with E-state index in [1.165, 1.54) is 11.1 Å². The third-order valence-corrected chi connectivity index (χ3v) is 6.40. The number of hydrogen-bond donors (Lipinski definition) is 2. The second-order valence-electron chi connectivity index (χ2n) is 9.22. The van der Waals surface area contributed by atoms with E-state index in [1.807, 2.05) is 39.0 Å². The summed E-state index contributed by atoms with van der Waals surface area (Å²) < 4.78 is 12.6. The van der Waals surface area contributed by atoms with Crippen molar-refractivity contribution in [2.45, 2.75) is 57.4 Å². The SMILES string of the molecule is CC(C)(C)OC(=O)NC1(C2=NNC(Cc3nc4ccc(-c5ccccc5)cc4s3)O2)CC1. The van der Waals surface area contributed by atoms with Gasteiger partial charge in [0.2, 0.25) is 5.90 Å². The van der Waals surface area contributed by atoms with E-state index in [4.69, 9.17) is 14.5 Å². The molecule has 1 aliphatic carbocycles. The Morgan fingerprint density at radius 2 is 2.00 bits per heavy atom. The molecule has 5 rings (SSSR count). The Morgan fingerprint density at radius 3 is 2.72 bits per heavy atom. The molecule has 0 saturated heterocycles. The molecule has 1 aliphatic heterocycles. The zero-order chi connectivity index (χ0) is 22.3. The van der Waals surface area contributed by atoms with Crippen molar-refractivity contribution in [3.8, 4) is 11.1 Å². The molecule has 166 valence electrons. The van der Waals surface area contributed by atoms with Crippen molar-refractivity contribution in [1.82, 2.24) is 15.7 Å². The predicted octanol–water partition coefficient (Wildman–Crippen LogP) is 4.82. The Bertz CT molecular complexity index is 1180. The number of alkyl carbamates (subject to hydrolysis) is 1. The first-order chi connectivity index (χ1) is 15.3. The number of hydrazone groups is 1. The van der Waals surface area contributed by atoms with Crippen LogP contribution in [0.2, 0.25) is 0 Å². The van der Waals surface area contributed by atoms with Gasteiger partial charge < -0.3 is 14.8 Å². The number of rotatable bonds is 5. The molecule has 0 bridgehead atoms. The molecule has 2 aromatic carbocycles. The fourth-order valence-electron chi connectivity index (χ4n) is 3.67. The molecular formula is C24H26N4O3S. The summed E-state index contributed by atoms with van der Waals surface area (Å²) in [6.07, 6.45) is 1.39. The summed E-state index contributed by atoms with van der Waals surface area (Å²) in [4.78, 5) is 17.0. The number of fused-ring (bicyclic) bond motifs is 1. The highest BCUT2D eigenvalue weighted by Crippen LogP contribution is 2.39. The smallest absolute Gasteiger partial charge is 0.408 e. The van der Waals surface area contributed by atoms with Crippen molar-refractivity contribution >= 4 is 33.5 Å². The van der Waals surface area contributed by atoms with E-state index < -0.39 is 17.2 Å². The van der Waals surface area contributed by atoms with E-state index in [0.29, 0.717) is 12.3 Å². The highest BCUT2D eigenvalue weighted by atomic mass is 32.1. The van der Waals surface area contributed by atoms with Gasteiger partial charge in [-0.25, -0.2) is 9.78 Å². The molecule has 1 amide bonds. The summed E-state index contributed by atoms with van der Waals surface area (Å²) in [5.74, 6) is 0.515. The van der Waals surface area contributed by atoms with E-state index in [-0.39, 0.29) is 6.23 Å². The van der Waals surface area contributed by atoms with Crippen LogP contribution >= 0.6 is 11.3 Å². The zero-order valence-corrected chi connectivity index (χ0v) is 19.2.